The summed E-state index contributed by atoms with van der Waals surface area (Å²) in [7, 11) is 3.08. The Kier molecular flexibility index (Phi) is 9.45. The number of rotatable bonds is 11. The van der Waals surface area contributed by atoms with E-state index < -0.39 is 11.8 Å². The summed E-state index contributed by atoms with van der Waals surface area (Å²) in [5.74, 6) is 1.43. The normalized spacial score (nSPS) is 11.1. The molecule has 2 N–H and O–H groups in total. The van der Waals surface area contributed by atoms with E-state index in [1.165, 1.54) is 7.11 Å². The number of nitrogens with zero attached hydrogens (tertiary/aromatic N) is 4. The highest BCUT2D eigenvalue weighted by Crippen LogP contribution is 2.27. The Morgan fingerprint density at radius 2 is 1.60 bits per heavy atom. The number of para-hydroxylation sites is 1. The number of carbonyl (C=O) groups excluding carboxylic acids is 2. The number of ether oxygens (including phenoxy) is 2. The molecule has 5 aromatic rings. The molecule has 0 aliphatic rings. The third-order valence-corrected chi connectivity index (χ3v) is 7.29. The van der Waals surface area contributed by atoms with E-state index in [2.05, 4.69) is 26.2 Å². The summed E-state index contributed by atoms with van der Waals surface area (Å²) in [4.78, 5) is 27.4. The van der Waals surface area contributed by atoms with Crippen molar-refractivity contribution in [3.8, 4) is 17.2 Å². The molecule has 0 unspecified atom stereocenters. The lowest BCUT2D eigenvalue weighted by Gasteiger charge is -2.13. The van der Waals surface area contributed by atoms with Gasteiger partial charge >= 0.3 is 0 Å². The zero-order valence-corrected chi connectivity index (χ0v) is 24.2. The summed E-state index contributed by atoms with van der Waals surface area (Å²) in [6.07, 6.45) is 1.55. The molecule has 0 bridgehead atoms. The van der Waals surface area contributed by atoms with Crippen molar-refractivity contribution < 1.29 is 19.1 Å². The summed E-state index contributed by atoms with van der Waals surface area (Å²) < 4.78 is 12.5. The third kappa shape index (κ3) is 7.46. The fourth-order valence-corrected chi connectivity index (χ4v) is 4.90. The number of carbonyl (C=O) groups is 2. The Balaban J connectivity index is 1.32. The van der Waals surface area contributed by atoms with Crippen LogP contribution in [0, 0.1) is 0 Å². The molecule has 43 heavy (non-hydrogen) atoms. The van der Waals surface area contributed by atoms with E-state index in [4.69, 9.17) is 9.47 Å². The minimum absolute atomic E-state index is 0.0339. The Bertz CT molecular complexity index is 1720. The van der Waals surface area contributed by atoms with Gasteiger partial charge in [0, 0.05) is 21.7 Å². The van der Waals surface area contributed by atoms with Crippen molar-refractivity contribution in [3.63, 3.8) is 0 Å². The number of amides is 2. The van der Waals surface area contributed by atoms with Crippen LogP contribution in [0.4, 0.5) is 5.69 Å². The molecule has 5 rings (SSSR count). The van der Waals surface area contributed by atoms with Crippen molar-refractivity contribution in [3.05, 3.63) is 126 Å². The van der Waals surface area contributed by atoms with E-state index in [0.29, 0.717) is 39.9 Å². The van der Waals surface area contributed by atoms with Crippen LogP contribution in [0.3, 0.4) is 0 Å². The van der Waals surface area contributed by atoms with Gasteiger partial charge in [0.05, 0.1) is 25.7 Å². The maximum absolute atomic E-state index is 13.5. The number of nitrogens with one attached hydrogen (secondary N) is 2. The van der Waals surface area contributed by atoms with Crippen molar-refractivity contribution in [2.24, 2.45) is 0 Å². The SMILES string of the molecule is COc1ccc(OC)c(/C=C(\NC(=O)c2ccccc2)C(=O)Nc2ccc(SCc3nnnn3-c3ccccc3)cc2)c1. The maximum Gasteiger partial charge on any atom is 0.272 e. The first-order chi connectivity index (χ1) is 21.0. The van der Waals surface area contributed by atoms with Gasteiger partial charge in [-0.15, -0.1) is 16.9 Å². The molecule has 0 saturated heterocycles. The predicted octanol–water partition coefficient (Wildman–Crippen LogP) is 5.38. The van der Waals surface area contributed by atoms with E-state index in [-0.39, 0.29) is 5.70 Å². The van der Waals surface area contributed by atoms with Crippen LogP contribution in [0.5, 0.6) is 11.5 Å². The molecule has 4 aromatic carbocycles. The molecular formula is C32H28N6O4S. The van der Waals surface area contributed by atoms with Crippen LogP contribution in [0.15, 0.2) is 114 Å². The second-order valence-electron chi connectivity index (χ2n) is 9.10. The Labute approximate surface area is 252 Å². The highest BCUT2D eigenvalue weighted by Gasteiger charge is 2.17. The Morgan fingerprint density at radius 3 is 2.30 bits per heavy atom. The highest BCUT2D eigenvalue weighted by molar-refractivity contribution is 7.98. The fraction of sp³-hybridized carbons (Fsp3) is 0.0938. The number of hydrogen-bond acceptors (Lipinski definition) is 8. The summed E-state index contributed by atoms with van der Waals surface area (Å²) in [5, 5.41) is 17.7. The lowest BCUT2D eigenvalue weighted by atomic mass is 10.1. The number of thioether (sulfide) groups is 1. The van der Waals surface area contributed by atoms with Gasteiger partial charge in [0.15, 0.2) is 5.82 Å². The molecule has 0 atom stereocenters. The molecule has 1 heterocycles. The second-order valence-corrected chi connectivity index (χ2v) is 10.1. The third-order valence-electron chi connectivity index (χ3n) is 6.28. The highest BCUT2D eigenvalue weighted by atomic mass is 32.2. The number of aromatic nitrogens is 4. The minimum atomic E-state index is -0.503. The van der Waals surface area contributed by atoms with E-state index >= 15 is 0 Å². The number of benzene rings is 4. The number of hydrogen-bond donors (Lipinski definition) is 2. The van der Waals surface area contributed by atoms with Gasteiger partial charge in [0.1, 0.15) is 17.2 Å². The van der Waals surface area contributed by atoms with Crippen LogP contribution in [0.25, 0.3) is 11.8 Å². The summed E-state index contributed by atoms with van der Waals surface area (Å²) in [6.45, 7) is 0. The van der Waals surface area contributed by atoms with Crippen molar-refractivity contribution in [2.45, 2.75) is 10.6 Å². The second kappa shape index (κ2) is 14.0. The van der Waals surface area contributed by atoms with Crippen LogP contribution in [0.1, 0.15) is 21.7 Å². The molecule has 10 nitrogen and oxygen atoms in total. The van der Waals surface area contributed by atoms with Gasteiger partial charge in [-0.05, 0) is 83.2 Å². The monoisotopic (exact) mass is 592 g/mol. The van der Waals surface area contributed by atoms with E-state index in [1.807, 2.05) is 48.5 Å². The summed E-state index contributed by atoms with van der Waals surface area (Å²) in [6, 6.07) is 30.9. The number of methoxy groups -OCH3 is 2. The first-order valence-electron chi connectivity index (χ1n) is 13.2. The molecule has 0 aliphatic heterocycles. The van der Waals surface area contributed by atoms with Gasteiger partial charge in [-0.25, -0.2) is 0 Å². The summed E-state index contributed by atoms with van der Waals surface area (Å²) in [5.41, 5.74) is 2.45. The van der Waals surface area contributed by atoms with Gasteiger partial charge in [-0.3, -0.25) is 9.59 Å². The zero-order chi connectivity index (χ0) is 30.0. The molecule has 2 amide bonds. The van der Waals surface area contributed by atoms with Crippen LogP contribution in [-0.2, 0) is 10.5 Å². The van der Waals surface area contributed by atoms with Crippen molar-refractivity contribution in [2.75, 3.05) is 19.5 Å². The van der Waals surface area contributed by atoms with Gasteiger partial charge in [0.2, 0.25) is 0 Å². The topological polar surface area (TPSA) is 120 Å². The quantitative estimate of drug-likeness (QED) is 0.155. The average molecular weight is 593 g/mol. The summed E-state index contributed by atoms with van der Waals surface area (Å²) >= 11 is 1.57. The van der Waals surface area contributed by atoms with Crippen LogP contribution < -0.4 is 20.1 Å². The zero-order valence-electron chi connectivity index (χ0n) is 23.4. The lowest BCUT2D eigenvalue weighted by Crippen LogP contribution is -2.30. The molecule has 0 fully saturated rings. The van der Waals surface area contributed by atoms with Crippen LogP contribution in [0.2, 0.25) is 0 Å². The van der Waals surface area contributed by atoms with E-state index in [1.54, 1.807) is 84.2 Å². The largest absolute Gasteiger partial charge is 0.497 e. The molecule has 11 heteroatoms. The first-order valence-corrected chi connectivity index (χ1v) is 14.2. The molecule has 0 saturated carbocycles. The lowest BCUT2D eigenvalue weighted by molar-refractivity contribution is -0.113. The Hall–Kier alpha value is -5.42. The molecule has 0 aliphatic carbocycles. The fourth-order valence-electron chi connectivity index (χ4n) is 4.10. The van der Waals surface area contributed by atoms with Crippen molar-refractivity contribution in [1.82, 2.24) is 25.5 Å². The standard InChI is InChI=1S/C32H28N6O4S/c1-41-26-15-18-29(42-2)23(19-26)20-28(34-31(39)22-9-5-3-6-10-22)32(40)33-24-13-16-27(17-14-24)43-21-30-35-36-37-38(30)25-11-7-4-8-12-25/h3-20H,21H2,1-2H3,(H,33,40)(H,34,39)/b28-20-. The molecule has 0 spiro atoms. The van der Waals surface area contributed by atoms with Gasteiger partial charge in [0.25, 0.3) is 11.8 Å². The van der Waals surface area contributed by atoms with Gasteiger partial charge in [-0.1, -0.05) is 36.4 Å². The van der Waals surface area contributed by atoms with E-state index in [9.17, 15) is 9.59 Å². The van der Waals surface area contributed by atoms with Crippen molar-refractivity contribution in [1.29, 1.82) is 0 Å². The maximum atomic E-state index is 13.5. The van der Waals surface area contributed by atoms with Gasteiger partial charge < -0.3 is 20.1 Å². The Morgan fingerprint density at radius 1 is 0.884 bits per heavy atom. The molecule has 1 aromatic heterocycles. The van der Waals surface area contributed by atoms with Crippen LogP contribution in [-0.4, -0.2) is 46.2 Å². The van der Waals surface area contributed by atoms with Crippen molar-refractivity contribution >= 4 is 35.3 Å². The number of tetrazole rings is 1. The van der Waals surface area contributed by atoms with Gasteiger partial charge in [-0.2, -0.15) is 4.68 Å². The minimum Gasteiger partial charge on any atom is -0.497 e. The first kappa shape index (κ1) is 29.1. The molecule has 216 valence electrons. The predicted molar refractivity (Wildman–Crippen MR) is 165 cm³/mol. The number of anilines is 1. The molecular weight excluding hydrogens is 564 g/mol. The smallest absolute Gasteiger partial charge is 0.272 e. The van der Waals surface area contributed by atoms with E-state index in [0.717, 1.165) is 10.6 Å². The van der Waals surface area contributed by atoms with Crippen LogP contribution >= 0.6 is 11.8 Å². The molecule has 0 radical (unpaired) electrons. The average Bonchev–Trinajstić information content (AvgIpc) is 3.53.